The van der Waals surface area contributed by atoms with E-state index < -0.39 is 0 Å². The molecule has 4 rings (SSSR count). The molecule has 7 nitrogen and oxygen atoms in total. The van der Waals surface area contributed by atoms with Crippen LogP contribution in [0.25, 0.3) is 11.8 Å². The van der Waals surface area contributed by atoms with Gasteiger partial charge in [-0.05, 0) is 50.6 Å². The van der Waals surface area contributed by atoms with E-state index in [1.165, 1.54) is 5.56 Å². The molecule has 1 aromatic heterocycles. The molecule has 176 valence electrons. The van der Waals surface area contributed by atoms with E-state index in [0.29, 0.717) is 45.9 Å². The summed E-state index contributed by atoms with van der Waals surface area (Å²) in [5, 5.41) is 0. The number of carbonyl (C=O) groups excluding carboxylic acids is 2. The normalized spacial score (nSPS) is 17.7. The number of hydrogen-bond acceptors (Lipinski definition) is 4. The zero-order valence-electron chi connectivity index (χ0n) is 19.9. The van der Waals surface area contributed by atoms with Gasteiger partial charge in [-0.2, -0.15) is 0 Å². The molecule has 1 aromatic carbocycles. The van der Waals surface area contributed by atoms with Crippen molar-refractivity contribution >= 4 is 17.9 Å². The van der Waals surface area contributed by atoms with Crippen LogP contribution in [0.5, 0.6) is 0 Å². The standard InChI is InChI=1S/C26H34N4O3/c1-20-4-7-24(8-5-20)30-21(2)18-23(22(30)3)6-9-25(31)28-10-12-29(13-11-28)26(32)19-27-14-16-33-17-15-27/h4-9,18H,10-17,19H2,1-3H3/b9-6+. The summed E-state index contributed by atoms with van der Waals surface area (Å²) in [5.41, 5.74) is 5.64. The number of aromatic nitrogens is 1. The summed E-state index contributed by atoms with van der Waals surface area (Å²) in [6.45, 7) is 12.0. The van der Waals surface area contributed by atoms with Gasteiger partial charge in [0.1, 0.15) is 0 Å². The van der Waals surface area contributed by atoms with E-state index in [9.17, 15) is 9.59 Å². The van der Waals surface area contributed by atoms with Gasteiger partial charge in [-0.1, -0.05) is 17.7 Å². The van der Waals surface area contributed by atoms with Crippen LogP contribution < -0.4 is 0 Å². The minimum absolute atomic E-state index is 0.00424. The number of benzene rings is 1. The Morgan fingerprint density at radius 3 is 2.21 bits per heavy atom. The lowest BCUT2D eigenvalue weighted by Gasteiger charge is -2.36. The van der Waals surface area contributed by atoms with E-state index in [1.807, 2.05) is 15.9 Å². The molecule has 2 amide bonds. The Kier molecular flexibility index (Phi) is 7.30. The van der Waals surface area contributed by atoms with Gasteiger partial charge >= 0.3 is 0 Å². The second kappa shape index (κ2) is 10.4. The van der Waals surface area contributed by atoms with Gasteiger partial charge in [0.2, 0.25) is 11.8 Å². The number of hydrogen-bond donors (Lipinski definition) is 0. The van der Waals surface area contributed by atoms with E-state index in [4.69, 9.17) is 4.74 Å². The third-order valence-corrected chi connectivity index (χ3v) is 6.57. The Bertz CT molecular complexity index is 1010. The van der Waals surface area contributed by atoms with Crippen LogP contribution in [-0.4, -0.2) is 90.1 Å². The highest BCUT2D eigenvalue weighted by molar-refractivity contribution is 5.92. The fourth-order valence-electron chi connectivity index (χ4n) is 4.54. The van der Waals surface area contributed by atoms with Gasteiger partial charge in [-0.3, -0.25) is 14.5 Å². The van der Waals surface area contributed by atoms with Crippen molar-refractivity contribution in [3.8, 4) is 5.69 Å². The fourth-order valence-corrected chi connectivity index (χ4v) is 4.54. The minimum Gasteiger partial charge on any atom is -0.379 e. The van der Waals surface area contributed by atoms with Crippen LogP contribution in [0.4, 0.5) is 0 Å². The molecular formula is C26H34N4O3. The van der Waals surface area contributed by atoms with Crippen molar-refractivity contribution in [3.05, 3.63) is 58.9 Å². The molecule has 2 saturated heterocycles. The van der Waals surface area contributed by atoms with Crippen molar-refractivity contribution in [3.63, 3.8) is 0 Å². The van der Waals surface area contributed by atoms with E-state index in [0.717, 1.165) is 35.7 Å². The Hall–Kier alpha value is -2.90. The van der Waals surface area contributed by atoms with Crippen molar-refractivity contribution in [2.45, 2.75) is 20.8 Å². The number of aryl methyl sites for hydroxylation is 2. The lowest BCUT2D eigenvalue weighted by Crippen LogP contribution is -2.53. The van der Waals surface area contributed by atoms with Crippen molar-refractivity contribution in [1.82, 2.24) is 19.3 Å². The molecular weight excluding hydrogens is 416 g/mol. The van der Waals surface area contributed by atoms with Crippen molar-refractivity contribution in [2.24, 2.45) is 0 Å². The summed E-state index contributed by atoms with van der Waals surface area (Å²) in [6.07, 6.45) is 3.57. The summed E-state index contributed by atoms with van der Waals surface area (Å²) in [6, 6.07) is 10.6. The summed E-state index contributed by atoms with van der Waals surface area (Å²) < 4.78 is 7.56. The first-order valence-electron chi connectivity index (χ1n) is 11.7. The van der Waals surface area contributed by atoms with Crippen LogP contribution in [0, 0.1) is 20.8 Å². The highest BCUT2D eigenvalue weighted by Gasteiger charge is 2.25. The minimum atomic E-state index is -0.00424. The molecule has 0 spiro atoms. The van der Waals surface area contributed by atoms with Crippen LogP contribution in [0.15, 0.2) is 36.4 Å². The van der Waals surface area contributed by atoms with E-state index in [-0.39, 0.29) is 11.8 Å². The summed E-state index contributed by atoms with van der Waals surface area (Å²) in [7, 11) is 0. The lowest BCUT2D eigenvalue weighted by atomic mass is 10.2. The average molecular weight is 451 g/mol. The fraction of sp³-hybridized carbons (Fsp3) is 0.462. The number of nitrogens with zero attached hydrogens (tertiary/aromatic N) is 4. The monoisotopic (exact) mass is 450 g/mol. The maximum atomic E-state index is 12.8. The molecule has 0 N–H and O–H groups in total. The molecule has 7 heteroatoms. The third kappa shape index (κ3) is 5.54. The van der Waals surface area contributed by atoms with E-state index in [1.54, 1.807) is 6.08 Å². The van der Waals surface area contributed by atoms with Gasteiger partial charge in [-0.25, -0.2) is 0 Å². The number of carbonyl (C=O) groups is 2. The molecule has 2 aliphatic rings. The SMILES string of the molecule is Cc1ccc(-n2c(C)cc(/C=C/C(=O)N3CCN(C(=O)CN4CCOCC4)CC3)c2C)cc1. The molecule has 2 aromatic rings. The summed E-state index contributed by atoms with van der Waals surface area (Å²) >= 11 is 0. The highest BCUT2D eigenvalue weighted by Crippen LogP contribution is 2.22. The van der Waals surface area contributed by atoms with Crippen molar-refractivity contribution < 1.29 is 14.3 Å². The summed E-state index contributed by atoms with van der Waals surface area (Å²) in [5.74, 6) is 0.138. The van der Waals surface area contributed by atoms with E-state index in [2.05, 4.69) is 60.6 Å². The largest absolute Gasteiger partial charge is 0.379 e. The third-order valence-electron chi connectivity index (χ3n) is 6.57. The number of morpholine rings is 1. The quantitative estimate of drug-likeness (QED) is 0.657. The van der Waals surface area contributed by atoms with Gasteiger partial charge in [-0.15, -0.1) is 0 Å². The van der Waals surface area contributed by atoms with Crippen molar-refractivity contribution in [1.29, 1.82) is 0 Å². The zero-order chi connectivity index (χ0) is 23.4. The summed E-state index contributed by atoms with van der Waals surface area (Å²) in [4.78, 5) is 31.2. The molecule has 0 atom stereocenters. The maximum absolute atomic E-state index is 12.8. The molecule has 3 heterocycles. The topological polar surface area (TPSA) is 58.0 Å². The second-order valence-electron chi connectivity index (χ2n) is 8.93. The molecule has 0 bridgehead atoms. The molecule has 33 heavy (non-hydrogen) atoms. The first-order valence-corrected chi connectivity index (χ1v) is 11.7. The lowest BCUT2D eigenvalue weighted by molar-refractivity contribution is -0.138. The molecule has 0 saturated carbocycles. The predicted octanol–water partition coefficient (Wildman–Crippen LogP) is 2.42. The number of ether oxygens (including phenoxy) is 1. The highest BCUT2D eigenvalue weighted by atomic mass is 16.5. The Morgan fingerprint density at radius 2 is 1.55 bits per heavy atom. The van der Waals surface area contributed by atoms with Gasteiger partial charge in [0.15, 0.2) is 0 Å². The predicted molar refractivity (Wildman–Crippen MR) is 129 cm³/mol. The van der Waals surface area contributed by atoms with Crippen LogP contribution in [0.1, 0.15) is 22.5 Å². The number of rotatable bonds is 5. The first-order chi connectivity index (χ1) is 15.9. The molecule has 0 radical (unpaired) electrons. The van der Waals surface area contributed by atoms with Crippen LogP contribution in [-0.2, 0) is 14.3 Å². The number of amides is 2. The molecule has 0 unspecified atom stereocenters. The molecule has 2 aliphatic heterocycles. The van der Waals surface area contributed by atoms with Gasteiger partial charge < -0.3 is 19.1 Å². The second-order valence-corrected chi connectivity index (χ2v) is 8.93. The number of piperazine rings is 1. The van der Waals surface area contributed by atoms with Crippen molar-refractivity contribution in [2.75, 3.05) is 59.0 Å². The smallest absolute Gasteiger partial charge is 0.246 e. The Balaban J connectivity index is 1.33. The molecule has 2 fully saturated rings. The Morgan fingerprint density at radius 1 is 0.909 bits per heavy atom. The Labute approximate surface area is 196 Å². The van der Waals surface area contributed by atoms with Crippen LogP contribution >= 0.6 is 0 Å². The average Bonchev–Trinajstić information content (AvgIpc) is 3.11. The van der Waals surface area contributed by atoms with Gasteiger partial charge in [0, 0.05) is 62.4 Å². The van der Waals surface area contributed by atoms with Crippen LogP contribution in [0.3, 0.4) is 0 Å². The van der Waals surface area contributed by atoms with Crippen LogP contribution in [0.2, 0.25) is 0 Å². The van der Waals surface area contributed by atoms with Gasteiger partial charge in [0.05, 0.1) is 19.8 Å². The molecule has 0 aliphatic carbocycles. The first kappa shape index (κ1) is 23.3. The zero-order valence-corrected chi connectivity index (χ0v) is 19.9. The van der Waals surface area contributed by atoms with Gasteiger partial charge in [0.25, 0.3) is 0 Å². The van der Waals surface area contributed by atoms with E-state index >= 15 is 0 Å². The maximum Gasteiger partial charge on any atom is 0.246 e.